The molecule has 0 aromatic carbocycles. The Morgan fingerprint density at radius 1 is 1.55 bits per heavy atom. The van der Waals surface area contributed by atoms with Gasteiger partial charge >= 0.3 is 0 Å². The third kappa shape index (κ3) is 3.60. The normalized spacial score (nSPS) is 11.7. The number of aryl methyl sites for hydroxylation is 1. The van der Waals surface area contributed by atoms with Gasteiger partial charge < -0.3 is 10.3 Å². The van der Waals surface area contributed by atoms with Gasteiger partial charge in [0.15, 0.2) is 5.82 Å². The lowest BCUT2D eigenvalue weighted by molar-refractivity contribution is 0.387. The summed E-state index contributed by atoms with van der Waals surface area (Å²) in [5.41, 5.74) is 5.45. The van der Waals surface area contributed by atoms with E-state index in [0.717, 1.165) is 11.3 Å². The van der Waals surface area contributed by atoms with Gasteiger partial charge in [0, 0.05) is 19.9 Å². The highest BCUT2D eigenvalue weighted by Gasteiger charge is 2.17. The fraction of sp³-hybridized carbons (Fsp3) is 0.300. The average Bonchev–Trinajstić information content (AvgIpc) is 2.98. The summed E-state index contributed by atoms with van der Waals surface area (Å²) in [6.45, 7) is 1.85. The van der Waals surface area contributed by atoms with E-state index >= 15 is 0 Å². The number of hydrogen-bond donors (Lipinski definition) is 2. The van der Waals surface area contributed by atoms with Crippen molar-refractivity contribution in [2.75, 3.05) is 6.54 Å². The Bertz CT molecular complexity index is 720. The maximum atomic E-state index is 12.0. The number of nitrogens with two attached hydrogens (primary N) is 1. The molecule has 7 nitrogen and oxygen atoms in total. The number of nitrogens with one attached hydrogen (secondary N) is 1. The minimum Gasteiger partial charge on any atom is -0.389 e. The molecule has 2 rings (SSSR count). The molecule has 2 aromatic heterocycles. The number of thiophene rings is 1. The molecule has 0 aliphatic carbocycles. The highest BCUT2D eigenvalue weighted by molar-refractivity contribution is 7.91. The molecule has 2 aromatic rings. The second-order valence-electron chi connectivity index (χ2n) is 3.86. The number of hydrogen-bond acceptors (Lipinski definition) is 7. The molecule has 0 atom stereocenters. The molecule has 0 aliphatic rings. The summed E-state index contributed by atoms with van der Waals surface area (Å²) in [4.78, 5) is 4.73. The second kappa shape index (κ2) is 5.95. The van der Waals surface area contributed by atoms with Gasteiger partial charge in [-0.3, -0.25) is 0 Å². The minimum atomic E-state index is -3.57. The molecule has 2 heterocycles. The lowest BCUT2D eigenvalue weighted by Crippen LogP contribution is -2.25. The van der Waals surface area contributed by atoms with Crippen molar-refractivity contribution in [3.8, 4) is 0 Å². The van der Waals surface area contributed by atoms with Gasteiger partial charge in [0.05, 0.1) is 4.88 Å². The Balaban J connectivity index is 1.98. The molecule has 0 bridgehead atoms. The van der Waals surface area contributed by atoms with E-state index in [0.29, 0.717) is 23.0 Å². The third-order valence-corrected chi connectivity index (χ3v) is 5.72. The van der Waals surface area contributed by atoms with Gasteiger partial charge in [-0.25, -0.2) is 13.1 Å². The van der Waals surface area contributed by atoms with Gasteiger partial charge in [0.25, 0.3) is 0 Å². The average molecular weight is 332 g/mol. The summed E-state index contributed by atoms with van der Waals surface area (Å²) in [6.07, 6.45) is 0.351. The fourth-order valence-electron chi connectivity index (χ4n) is 1.41. The van der Waals surface area contributed by atoms with Crippen molar-refractivity contribution in [1.82, 2.24) is 14.9 Å². The van der Waals surface area contributed by atoms with Crippen LogP contribution in [0.1, 0.15) is 16.6 Å². The van der Waals surface area contributed by atoms with Crippen LogP contribution >= 0.6 is 23.6 Å². The number of rotatable bonds is 6. The van der Waals surface area contributed by atoms with Crippen molar-refractivity contribution in [3.63, 3.8) is 0 Å². The van der Waals surface area contributed by atoms with Crippen molar-refractivity contribution in [3.05, 3.63) is 28.7 Å². The van der Waals surface area contributed by atoms with Gasteiger partial charge in [0.2, 0.25) is 15.9 Å². The first kappa shape index (κ1) is 15.0. The summed E-state index contributed by atoms with van der Waals surface area (Å²) in [5.74, 6) is 0.905. The first-order valence-electron chi connectivity index (χ1n) is 5.57. The van der Waals surface area contributed by atoms with Crippen molar-refractivity contribution >= 4 is 38.6 Å². The highest BCUT2D eigenvalue weighted by atomic mass is 32.2. The number of aromatic nitrogens is 2. The Morgan fingerprint density at radius 3 is 2.85 bits per heavy atom. The van der Waals surface area contributed by atoms with Crippen molar-refractivity contribution in [2.24, 2.45) is 5.73 Å². The Morgan fingerprint density at radius 2 is 2.30 bits per heavy atom. The van der Waals surface area contributed by atoms with Gasteiger partial charge in [0.1, 0.15) is 9.20 Å². The molecule has 0 radical (unpaired) electrons. The summed E-state index contributed by atoms with van der Waals surface area (Å²) < 4.78 is 31.5. The van der Waals surface area contributed by atoms with Crippen LogP contribution in [0, 0.1) is 6.92 Å². The van der Waals surface area contributed by atoms with Crippen molar-refractivity contribution in [1.29, 1.82) is 0 Å². The predicted molar refractivity (Wildman–Crippen MR) is 78.1 cm³/mol. The third-order valence-electron chi connectivity index (χ3n) is 2.30. The predicted octanol–water partition coefficient (Wildman–Crippen LogP) is 0.595. The first-order chi connectivity index (χ1) is 9.38. The highest BCUT2D eigenvalue weighted by Crippen LogP contribution is 2.21. The topological polar surface area (TPSA) is 111 Å². The number of thiocarbonyl (C=S) groups is 1. The van der Waals surface area contributed by atoms with Crippen LogP contribution in [-0.2, 0) is 16.4 Å². The van der Waals surface area contributed by atoms with Crippen LogP contribution in [0.3, 0.4) is 0 Å². The number of sulfonamides is 1. The zero-order chi connectivity index (χ0) is 14.8. The molecular formula is C10H12N4O3S3. The molecule has 0 spiro atoms. The largest absolute Gasteiger partial charge is 0.389 e. The van der Waals surface area contributed by atoms with Gasteiger partial charge in [-0.05, 0) is 12.1 Å². The zero-order valence-corrected chi connectivity index (χ0v) is 12.9. The Labute approximate surface area is 125 Å². The molecule has 0 aliphatic heterocycles. The molecule has 0 unspecified atom stereocenters. The first-order valence-corrected chi connectivity index (χ1v) is 8.28. The van der Waals surface area contributed by atoms with Gasteiger partial charge in [-0.2, -0.15) is 4.98 Å². The van der Waals surface area contributed by atoms with E-state index in [9.17, 15) is 8.42 Å². The smallest absolute Gasteiger partial charge is 0.250 e. The maximum absolute atomic E-state index is 12.0. The standard InChI is InChI=1S/C10H12N4O3S3/c1-6-13-8(14-17-6)4-5-12-20(15,16)9-3-2-7(19-9)10(11)18/h2-3,12H,4-5H2,1H3,(H2,11,18). The van der Waals surface area contributed by atoms with Crippen LogP contribution in [0.5, 0.6) is 0 Å². The van der Waals surface area contributed by atoms with E-state index in [1.807, 2.05) is 0 Å². The van der Waals surface area contributed by atoms with E-state index in [4.69, 9.17) is 22.5 Å². The van der Waals surface area contributed by atoms with Crippen LogP contribution in [0.15, 0.2) is 20.9 Å². The fourth-order valence-corrected chi connectivity index (χ4v) is 3.84. The van der Waals surface area contributed by atoms with E-state index in [1.165, 1.54) is 6.07 Å². The Hall–Kier alpha value is -1.36. The minimum absolute atomic E-state index is 0.171. The second-order valence-corrected chi connectivity index (χ2v) is 7.38. The molecule has 20 heavy (non-hydrogen) atoms. The summed E-state index contributed by atoms with van der Waals surface area (Å²) in [7, 11) is -3.57. The van der Waals surface area contributed by atoms with Crippen molar-refractivity contribution in [2.45, 2.75) is 17.6 Å². The SMILES string of the molecule is Cc1nc(CCNS(=O)(=O)c2ccc(C(N)=S)s2)no1. The molecule has 0 saturated carbocycles. The molecule has 108 valence electrons. The summed E-state index contributed by atoms with van der Waals surface area (Å²) >= 11 is 5.83. The van der Waals surface area contributed by atoms with E-state index in [1.54, 1.807) is 13.0 Å². The van der Waals surface area contributed by atoms with Crippen LogP contribution in [0.4, 0.5) is 0 Å². The lowest BCUT2D eigenvalue weighted by Gasteiger charge is -2.02. The van der Waals surface area contributed by atoms with Crippen LogP contribution < -0.4 is 10.5 Å². The molecule has 3 N–H and O–H groups in total. The molecule has 0 fully saturated rings. The molecule has 0 saturated heterocycles. The van der Waals surface area contributed by atoms with Crippen LogP contribution in [0.25, 0.3) is 0 Å². The summed E-state index contributed by atoms with van der Waals surface area (Å²) in [6, 6.07) is 3.06. The van der Waals surface area contributed by atoms with Gasteiger partial charge in [-0.15, -0.1) is 11.3 Å². The van der Waals surface area contributed by atoms with Crippen LogP contribution in [0.2, 0.25) is 0 Å². The van der Waals surface area contributed by atoms with E-state index in [-0.39, 0.29) is 15.7 Å². The van der Waals surface area contributed by atoms with Gasteiger partial charge in [-0.1, -0.05) is 17.4 Å². The molecule has 0 amide bonds. The number of nitrogens with zero attached hydrogens (tertiary/aromatic N) is 2. The monoisotopic (exact) mass is 332 g/mol. The Kier molecular flexibility index (Phi) is 4.48. The van der Waals surface area contributed by atoms with Crippen molar-refractivity contribution < 1.29 is 12.9 Å². The quantitative estimate of drug-likeness (QED) is 0.745. The lowest BCUT2D eigenvalue weighted by atomic mass is 10.4. The van der Waals surface area contributed by atoms with E-state index in [2.05, 4.69) is 14.9 Å². The molecular weight excluding hydrogens is 320 g/mol. The summed E-state index contributed by atoms with van der Waals surface area (Å²) in [5, 5.41) is 3.68. The molecule has 10 heteroatoms. The van der Waals surface area contributed by atoms with E-state index < -0.39 is 10.0 Å². The maximum Gasteiger partial charge on any atom is 0.250 e. The van der Waals surface area contributed by atoms with Crippen LogP contribution in [-0.4, -0.2) is 30.1 Å². The zero-order valence-electron chi connectivity index (χ0n) is 10.5.